The molecule has 0 saturated heterocycles. The summed E-state index contributed by atoms with van der Waals surface area (Å²) in [5.41, 5.74) is 2.40. The highest BCUT2D eigenvalue weighted by Gasteiger charge is 2.20. The minimum absolute atomic E-state index is 0.205. The van der Waals surface area contributed by atoms with E-state index in [4.69, 9.17) is 9.47 Å². The molecule has 25 heavy (non-hydrogen) atoms. The number of benzene rings is 1. The van der Waals surface area contributed by atoms with Crippen molar-refractivity contribution < 1.29 is 19.1 Å². The lowest BCUT2D eigenvalue weighted by molar-refractivity contribution is -0.129. The van der Waals surface area contributed by atoms with E-state index in [-0.39, 0.29) is 11.6 Å². The van der Waals surface area contributed by atoms with Crippen molar-refractivity contribution in [3.05, 3.63) is 40.9 Å². The number of hydrogen-bond acceptors (Lipinski definition) is 6. The van der Waals surface area contributed by atoms with E-state index in [0.29, 0.717) is 13.2 Å². The quantitative estimate of drug-likeness (QED) is 0.577. The predicted octanol–water partition coefficient (Wildman–Crippen LogP) is 2.68. The number of carbonyl (C=O) groups excluding carboxylic acids is 2. The summed E-state index contributed by atoms with van der Waals surface area (Å²) in [6.45, 7) is 4.39. The lowest BCUT2D eigenvalue weighted by Gasteiger charge is -2.12. The standard InChI is InChI=1S/C18H22N2O4S/c1-4-13-5-7-14(8-6-13)17-20-15(11-25-17)18(22)24-12(2)16(21)19-9-10-23-3/h5-8,11-12H,4,9-10H2,1-3H3,(H,19,21)/t12-/m1/s1. The molecule has 0 unspecified atom stereocenters. The van der Waals surface area contributed by atoms with Gasteiger partial charge in [0, 0.05) is 24.6 Å². The summed E-state index contributed by atoms with van der Waals surface area (Å²) < 4.78 is 10.0. The molecule has 1 aromatic carbocycles. The molecule has 6 nitrogen and oxygen atoms in total. The van der Waals surface area contributed by atoms with Gasteiger partial charge in [-0.15, -0.1) is 11.3 Å². The molecule has 2 rings (SSSR count). The van der Waals surface area contributed by atoms with Crippen molar-refractivity contribution in [2.75, 3.05) is 20.3 Å². The number of nitrogens with zero attached hydrogens (tertiary/aromatic N) is 1. The van der Waals surface area contributed by atoms with Gasteiger partial charge in [-0.2, -0.15) is 0 Å². The third-order valence-corrected chi connectivity index (χ3v) is 4.47. The summed E-state index contributed by atoms with van der Waals surface area (Å²) in [6, 6.07) is 8.06. The van der Waals surface area contributed by atoms with Crippen LogP contribution < -0.4 is 5.32 Å². The van der Waals surface area contributed by atoms with Crippen LogP contribution in [0.2, 0.25) is 0 Å². The SMILES string of the molecule is CCc1ccc(-c2nc(C(=O)O[C@H](C)C(=O)NCCOC)cs2)cc1. The van der Waals surface area contributed by atoms with Gasteiger partial charge < -0.3 is 14.8 Å². The summed E-state index contributed by atoms with van der Waals surface area (Å²) in [5.74, 6) is -0.974. The first-order chi connectivity index (χ1) is 12.0. The molecule has 134 valence electrons. The molecule has 1 atom stereocenters. The third kappa shape index (κ3) is 5.37. The number of thiazole rings is 1. The maximum atomic E-state index is 12.2. The summed E-state index contributed by atoms with van der Waals surface area (Å²) in [7, 11) is 1.55. The number of methoxy groups -OCH3 is 1. The number of nitrogens with one attached hydrogen (secondary N) is 1. The van der Waals surface area contributed by atoms with E-state index in [1.165, 1.54) is 23.8 Å². The van der Waals surface area contributed by atoms with Crippen LogP contribution >= 0.6 is 11.3 Å². The zero-order valence-corrected chi connectivity index (χ0v) is 15.4. The fourth-order valence-electron chi connectivity index (χ4n) is 2.08. The van der Waals surface area contributed by atoms with E-state index in [1.54, 1.807) is 12.5 Å². The van der Waals surface area contributed by atoms with Gasteiger partial charge >= 0.3 is 5.97 Å². The van der Waals surface area contributed by atoms with E-state index >= 15 is 0 Å². The first-order valence-corrected chi connectivity index (χ1v) is 8.95. The molecule has 1 aromatic heterocycles. The molecule has 0 aliphatic heterocycles. The van der Waals surface area contributed by atoms with E-state index in [0.717, 1.165) is 17.0 Å². The van der Waals surface area contributed by atoms with Gasteiger partial charge in [0.2, 0.25) is 0 Å². The Labute approximate surface area is 151 Å². The normalized spacial score (nSPS) is 11.8. The molecule has 1 N–H and O–H groups in total. The molecule has 1 heterocycles. The van der Waals surface area contributed by atoms with Crippen molar-refractivity contribution >= 4 is 23.2 Å². The second-order valence-electron chi connectivity index (χ2n) is 5.42. The molecule has 1 amide bonds. The largest absolute Gasteiger partial charge is 0.448 e. The molecular weight excluding hydrogens is 340 g/mol. The van der Waals surface area contributed by atoms with Crippen molar-refractivity contribution in [1.29, 1.82) is 0 Å². The average Bonchev–Trinajstić information content (AvgIpc) is 3.12. The summed E-state index contributed by atoms with van der Waals surface area (Å²) in [4.78, 5) is 28.3. The molecule has 0 radical (unpaired) electrons. The first kappa shape index (κ1) is 19.1. The van der Waals surface area contributed by atoms with Crippen molar-refractivity contribution in [2.45, 2.75) is 26.4 Å². The number of rotatable bonds is 8. The van der Waals surface area contributed by atoms with E-state index < -0.39 is 12.1 Å². The van der Waals surface area contributed by atoms with Crippen molar-refractivity contribution in [3.63, 3.8) is 0 Å². The topological polar surface area (TPSA) is 77.5 Å². The molecule has 0 aliphatic carbocycles. The van der Waals surface area contributed by atoms with Crippen LogP contribution in [-0.2, 0) is 20.7 Å². The Balaban J connectivity index is 1.96. The van der Waals surface area contributed by atoms with Crippen LogP contribution in [0.1, 0.15) is 29.9 Å². The number of esters is 1. The zero-order valence-electron chi connectivity index (χ0n) is 14.6. The van der Waals surface area contributed by atoms with Gasteiger partial charge in [0.25, 0.3) is 5.91 Å². The van der Waals surface area contributed by atoms with E-state index in [2.05, 4.69) is 17.2 Å². The van der Waals surface area contributed by atoms with Gasteiger partial charge in [0.05, 0.1) is 6.61 Å². The second kappa shape index (κ2) is 9.29. The molecular formula is C18H22N2O4S. The van der Waals surface area contributed by atoms with Crippen molar-refractivity contribution in [1.82, 2.24) is 10.3 Å². The van der Waals surface area contributed by atoms with Crippen molar-refractivity contribution in [3.8, 4) is 10.6 Å². The first-order valence-electron chi connectivity index (χ1n) is 8.07. The van der Waals surface area contributed by atoms with Crippen LogP contribution in [0.3, 0.4) is 0 Å². The summed E-state index contributed by atoms with van der Waals surface area (Å²) >= 11 is 1.37. The second-order valence-corrected chi connectivity index (χ2v) is 6.28. The number of aromatic nitrogens is 1. The van der Waals surface area contributed by atoms with Crippen LogP contribution in [0, 0.1) is 0 Å². The number of hydrogen-bond donors (Lipinski definition) is 1. The Bertz CT molecular complexity index is 712. The fourth-order valence-corrected chi connectivity index (χ4v) is 2.87. The monoisotopic (exact) mass is 362 g/mol. The number of aryl methyl sites for hydroxylation is 1. The lowest BCUT2D eigenvalue weighted by atomic mass is 10.1. The Morgan fingerprint density at radius 3 is 2.64 bits per heavy atom. The number of ether oxygens (including phenoxy) is 2. The summed E-state index contributed by atoms with van der Waals surface area (Å²) in [5, 5.41) is 5.01. The molecule has 0 bridgehead atoms. The molecule has 0 spiro atoms. The average molecular weight is 362 g/mol. The minimum atomic E-state index is -0.890. The van der Waals surface area contributed by atoms with Crippen LogP contribution in [0.5, 0.6) is 0 Å². The fraction of sp³-hybridized carbons (Fsp3) is 0.389. The highest BCUT2D eigenvalue weighted by atomic mass is 32.1. The third-order valence-electron chi connectivity index (χ3n) is 3.58. The van der Waals surface area contributed by atoms with Gasteiger partial charge in [-0.05, 0) is 18.9 Å². The van der Waals surface area contributed by atoms with Gasteiger partial charge in [-0.3, -0.25) is 4.79 Å². The zero-order chi connectivity index (χ0) is 18.2. The van der Waals surface area contributed by atoms with Crippen molar-refractivity contribution in [2.24, 2.45) is 0 Å². The van der Waals surface area contributed by atoms with Gasteiger partial charge in [0.15, 0.2) is 11.8 Å². The van der Waals surface area contributed by atoms with Crippen LogP contribution in [0.15, 0.2) is 29.6 Å². The predicted molar refractivity (Wildman–Crippen MR) is 96.7 cm³/mol. The van der Waals surface area contributed by atoms with Crippen LogP contribution in [-0.4, -0.2) is 43.2 Å². The molecule has 2 aromatic rings. The number of amides is 1. The van der Waals surface area contributed by atoms with Gasteiger partial charge in [-0.25, -0.2) is 9.78 Å². The highest BCUT2D eigenvalue weighted by Crippen LogP contribution is 2.24. The van der Waals surface area contributed by atoms with Gasteiger partial charge in [0.1, 0.15) is 5.01 Å². The molecule has 7 heteroatoms. The number of carbonyl (C=O) groups is 2. The van der Waals surface area contributed by atoms with Crippen LogP contribution in [0.4, 0.5) is 0 Å². The Morgan fingerprint density at radius 2 is 2.00 bits per heavy atom. The Morgan fingerprint density at radius 1 is 1.28 bits per heavy atom. The smallest absolute Gasteiger partial charge is 0.358 e. The Hall–Kier alpha value is -2.25. The minimum Gasteiger partial charge on any atom is -0.448 e. The molecule has 0 saturated carbocycles. The summed E-state index contributed by atoms with van der Waals surface area (Å²) in [6.07, 6.45) is 0.0819. The van der Waals surface area contributed by atoms with Crippen LogP contribution in [0.25, 0.3) is 10.6 Å². The van der Waals surface area contributed by atoms with E-state index in [9.17, 15) is 9.59 Å². The maximum Gasteiger partial charge on any atom is 0.358 e. The maximum absolute atomic E-state index is 12.2. The lowest BCUT2D eigenvalue weighted by Crippen LogP contribution is -2.37. The van der Waals surface area contributed by atoms with E-state index in [1.807, 2.05) is 24.3 Å². The Kier molecular flexibility index (Phi) is 7.09. The molecule has 0 aliphatic rings. The highest BCUT2D eigenvalue weighted by molar-refractivity contribution is 7.13. The van der Waals surface area contributed by atoms with Gasteiger partial charge in [-0.1, -0.05) is 31.2 Å². The molecule has 0 fully saturated rings.